The van der Waals surface area contributed by atoms with Crippen LogP contribution in [-0.2, 0) is 21.4 Å². The van der Waals surface area contributed by atoms with Crippen molar-refractivity contribution in [3.8, 4) is 0 Å². The van der Waals surface area contributed by atoms with Gasteiger partial charge in [0.1, 0.15) is 0 Å². The highest BCUT2D eigenvalue weighted by Gasteiger charge is 2.30. The van der Waals surface area contributed by atoms with Gasteiger partial charge in [-0.1, -0.05) is 48.0 Å². The molecule has 0 radical (unpaired) electrons. The van der Waals surface area contributed by atoms with Crippen LogP contribution in [0.2, 0.25) is 0 Å². The fraction of sp³-hybridized carbons (Fsp3) is 0.333. The van der Waals surface area contributed by atoms with Crippen molar-refractivity contribution in [3.05, 3.63) is 65.7 Å². The van der Waals surface area contributed by atoms with Gasteiger partial charge in [-0.05, 0) is 24.6 Å². The predicted molar refractivity (Wildman–Crippen MR) is 113 cm³/mol. The summed E-state index contributed by atoms with van der Waals surface area (Å²) in [6.07, 6.45) is 0. The molecule has 1 heterocycles. The average Bonchev–Trinajstić information content (AvgIpc) is 2.77. The summed E-state index contributed by atoms with van der Waals surface area (Å²) in [7, 11) is -3.57. The molecule has 1 saturated heterocycles. The van der Waals surface area contributed by atoms with E-state index in [4.69, 9.17) is 0 Å². The van der Waals surface area contributed by atoms with Gasteiger partial charge in [0.25, 0.3) is 0 Å². The molecule has 2 aromatic rings. The van der Waals surface area contributed by atoms with Crippen LogP contribution in [0.15, 0.2) is 59.5 Å². The first-order valence-electron chi connectivity index (χ1n) is 9.76. The molecule has 0 saturated carbocycles. The van der Waals surface area contributed by atoms with E-state index in [0.717, 1.165) is 11.1 Å². The highest BCUT2D eigenvalue weighted by Crippen LogP contribution is 2.18. The summed E-state index contributed by atoms with van der Waals surface area (Å²) in [5.41, 5.74) is 1.95. The van der Waals surface area contributed by atoms with E-state index in [1.807, 2.05) is 37.3 Å². The minimum atomic E-state index is -3.57. The lowest BCUT2D eigenvalue weighted by molar-refractivity contribution is -0.131. The highest BCUT2D eigenvalue weighted by atomic mass is 32.2. The molecule has 30 heavy (non-hydrogen) atoms. The molecule has 1 fully saturated rings. The van der Waals surface area contributed by atoms with Crippen LogP contribution in [-0.4, -0.2) is 62.3 Å². The van der Waals surface area contributed by atoms with Crippen LogP contribution in [0.25, 0.3) is 0 Å². The number of sulfonamides is 1. The van der Waals surface area contributed by atoms with E-state index in [2.05, 4.69) is 10.6 Å². The third-order valence-corrected chi connectivity index (χ3v) is 6.86. The van der Waals surface area contributed by atoms with Crippen molar-refractivity contribution in [3.63, 3.8) is 0 Å². The van der Waals surface area contributed by atoms with Gasteiger partial charge in [-0.25, -0.2) is 13.2 Å². The molecular weight excluding hydrogens is 404 g/mol. The molecule has 0 spiro atoms. The Labute approximate surface area is 176 Å². The largest absolute Gasteiger partial charge is 0.339 e. The number of carbonyl (C=O) groups excluding carboxylic acids is 2. The summed E-state index contributed by atoms with van der Waals surface area (Å²) < 4.78 is 26.9. The van der Waals surface area contributed by atoms with E-state index < -0.39 is 16.1 Å². The lowest BCUT2D eigenvalue weighted by atomic mass is 10.2. The first-order chi connectivity index (χ1) is 14.4. The average molecular weight is 431 g/mol. The maximum atomic E-state index is 12.7. The number of nitrogens with zero attached hydrogens (tertiary/aromatic N) is 2. The Balaban J connectivity index is 1.43. The molecule has 3 amide bonds. The Morgan fingerprint density at radius 1 is 0.900 bits per heavy atom. The molecule has 2 N–H and O–H groups in total. The third kappa shape index (κ3) is 5.58. The number of urea groups is 1. The SMILES string of the molecule is Cc1ccc(S(=O)(=O)N2CCN(C(=O)CNC(=O)NCc3ccccc3)CC2)cc1. The van der Waals surface area contributed by atoms with Crippen LogP contribution < -0.4 is 10.6 Å². The normalized spacial score (nSPS) is 14.9. The molecule has 0 unspecified atom stereocenters. The number of hydrogen-bond donors (Lipinski definition) is 2. The second kappa shape index (κ2) is 9.73. The zero-order valence-corrected chi connectivity index (χ0v) is 17.7. The number of rotatable bonds is 6. The fourth-order valence-corrected chi connectivity index (χ4v) is 4.57. The van der Waals surface area contributed by atoms with Gasteiger partial charge in [-0.3, -0.25) is 4.79 Å². The summed E-state index contributed by atoms with van der Waals surface area (Å²) in [5, 5.41) is 5.25. The summed E-state index contributed by atoms with van der Waals surface area (Å²) in [6, 6.07) is 15.8. The monoisotopic (exact) mass is 430 g/mol. The van der Waals surface area contributed by atoms with Gasteiger partial charge < -0.3 is 15.5 Å². The molecule has 0 atom stereocenters. The van der Waals surface area contributed by atoms with Crippen molar-refractivity contribution < 1.29 is 18.0 Å². The Morgan fingerprint density at radius 2 is 1.53 bits per heavy atom. The van der Waals surface area contributed by atoms with Crippen LogP contribution in [0.5, 0.6) is 0 Å². The van der Waals surface area contributed by atoms with Crippen LogP contribution in [0.3, 0.4) is 0 Å². The Bertz CT molecular complexity index is 970. The molecule has 0 aliphatic carbocycles. The molecule has 2 aromatic carbocycles. The lowest BCUT2D eigenvalue weighted by Crippen LogP contribution is -2.53. The molecule has 1 aliphatic heterocycles. The number of carbonyl (C=O) groups is 2. The van der Waals surface area contributed by atoms with E-state index in [9.17, 15) is 18.0 Å². The molecule has 9 heteroatoms. The van der Waals surface area contributed by atoms with E-state index in [1.54, 1.807) is 29.2 Å². The van der Waals surface area contributed by atoms with Crippen molar-refractivity contribution in [1.82, 2.24) is 19.8 Å². The van der Waals surface area contributed by atoms with E-state index in [0.29, 0.717) is 6.54 Å². The first-order valence-corrected chi connectivity index (χ1v) is 11.2. The van der Waals surface area contributed by atoms with Crippen LogP contribution in [0, 0.1) is 6.92 Å². The molecule has 8 nitrogen and oxygen atoms in total. The number of benzene rings is 2. The van der Waals surface area contributed by atoms with Crippen molar-refractivity contribution in [1.29, 1.82) is 0 Å². The Morgan fingerprint density at radius 3 is 2.17 bits per heavy atom. The maximum absolute atomic E-state index is 12.7. The number of piperazine rings is 1. The number of nitrogens with one attached hydrogen (secondary N) is 2. The van der Waals surface area contributed by atoms with Crippen molar-refractivity contribution >= 4 is 22.0 Å². The summed E-state index contributed by atoms with van der Waals surface area (Å²) in [5.74, 6) is -0.239. The van der Waals surface area contributed by atoms with Crippen LogP contribution >= 0.6 is 0 Å². The van der Waals surface area contributed by atoms with Gasteiger partial charge in [0.15, 0.2) is 0 Å². The summed E-state index contributed by atoms with van der Waals surface area (Å²) >= 11 is 0. The van der Waals surface area contributed by atoms with E-state index >= 15 is 0 Å². The molecule has 3 rings (SSSR count). The Hall–Kier alpha value is -2.91. The second-order valence-corrected chi connectivity index (χ2v) is 9.06. The number of hydrogen-bond acceptors (Lipinski definition) is 4. The maximum Gasteiger partial charge on any atom is 0.315 e. The molecule has 0 aromatic heterocycles. The summed E-state index contributed by atoms with van der Waals surface area (Å²) in [4.78, 5) is 26.1. The van der Waals surface area contributed by atoms with Crippen LogP contribution in [0.1, 0.15) is 11.1 Å². The smallest absolute Gasteiger partial charge is 0.315 e. The number of amides is 3. The van der Waals surface area contributed by atoms with Gasteiger partial charge in [-0.2, -0.15) is 4.31 Å². The molecular formula is C21H26N4O4S. The van der Waals surface area contributed by atoms with Gasteiger partial charge in [0.05, 0.1) is 11.4 Å². The van der Waals surface area contributed by atoms with Crippen molar-refractivity contribution in [2.24, 2.45) is 0 Å². The topological polar surface area (TPSA) is 98.8 Å². The minimum Gasteiger partial charge on any atom is -0.339 e. The standard InChI is InChI=1S/C21H26N4O4S/c1-17-7-9-19(10-8-17)30(28,29)25-13-11-24(12-14-25)20(26)16-23-21(27)22-15-18-5-3-2-4-6-18/h2-10H,11-16H2,1H3,(H2,22,23,27). The second-order valence-electron chi connectivity index (χ2n) is 7.12. The quantitative estimate of drug-likeness (QED) is 0.722. The first kappa shape index (κ1) is 21.8. The lowest BCUT2D eigenvalue weighted by Gasteiger charge is -2.34. The zero-order valence-electron chi connectivity index (χ0n) is 16.9. The van der Waals surface area contributed by atoms with E-state index in [-0.39, 0.29) is 43.5 Å². The van der Waals surface area contributed by atoms with Gasteiger partial charge in [0, 0.05) is 32.7 Å². The predicted octanol–water partition coefficient (Wildman–Crippen LogP) is 1.33. The van der Waals surface area contributed by atoms with Gasteiger partial charge in [0.2, 0.25) is 15.9 Å². The fourth-order valence-electron chi connectivity index (χ4n) is 3.15. The Kier molecular flexibility index (Phi) is 7.07. The van der Waals surface area contributed by atoms with Gasteiger partial charge >= 0.3 is 6.03 Å². The zero-order chi connectivity index (χ0) is 21.6. The van der Waals surface area contributed by atoms with Crippen LogP contribution in [0.4, 0.5) is 4.79 Å². The van der Waals surface area contributed by atoms with Crippen molar-refractivity contribution in [2.45, 2.75) is 18.4 Å². The van der Waals surface area contributed by atoms with Gasteiger partial charge in [-0.15, -0.1) is 0 Å². The van der Waals surface area contributed by atoms with Crippen molar-refractivity contribution in [2.75, 3.05) is 32.7 Å². The van der Waals surface area contributed by atoms with E-state index in [1.165, 1.54) is 4.31 Å². The third-order valence-electron chi connectivity index (χ3n) is 4.95. The minimum absolute atomic E-state index is 0.134. The molecule has 1 aliphatic rings. The summed E-state index contributed by atoms with van der Waals surface area (Å²) in [6.45, 7) is 3.16. The highest BCUT2D eigenvalue weighted by molar-refractivity contribution is 7.89. The molecule has 160 valence electrons. The molecule has 0 bridgehead atoms. The number of aryl methyl sites for hydroxylation is 1.